The standard InChI is InChI=1S/2C12H10O2.C5H11NS.C3H9NS.C2H4O.4C2H6/c2*13-11-8-4-5-9-12(11)14-10-6-2-1-3-7-10;1-4-3-7-5(2)6-4;1-3(4)2-5;1-2-3;4*1-2/h2*1-9,13H;4-6H,3H2,1-2H3;3,5H,2,4H2,1H3;2H,1H3;4*1-2H3. The van der Waals surface area contributed by atoms with Crippen molar-refractivity contribution in [3.05, 3.63) is 109 Å². The summed E-state index contributed by atoms with van der Waals surface area (Å²) in [6.45, 7) is 23.8. The highest BCUT2D eigenvalue weighted by atomic mass is 32.2. The van der Waals surface area contributed by atoms with Crippen LogP contribution in [0.15, 0.2) is 109 Å². The van der Waals surface area contributed by atoms with E-state index >= 15 is 0 Å². The van der Waals surface area contributed by atoms with Gasteiger partial charge in [0.15, 0.2) is 23.0 Å². The number of carbonyl (C=O) groups excluding carboxylic acids is 1. The summed E-state index contributed by atoms with van der Waals surface area (Å²) in [4.78, 5) is 8.81. The van der Waals surface area contributed by atoms with Crippen LogP contribution in [0.2, 0.25) is 0 Å². The molecule has 0 bridgehead atoms. The summed E-state index contributed by atoms with van der Waals surface area (Å²) in [5.41, 5.74) is 5.22. The Labute approximate surface area is 320 Å². The molecule has 0 saturated carbocycles. The Morgan fingerprint density at radius 1 is 0.725 bits per heavy atom. The Morgan fingerprint density at radius 3 is 1.24 bits per heavy atom. The fraction of sp³-hybridized carbons (Fsp3) is 0.405. The number of rotatable bonds is 5. The number of phenols is 2. The van der Waals surface area contributed by atoms with Crippen molar-refractivity contribution in [2.24, 2.45) is 5.73 Å². The van der Waals surface area contributed by atoms with E-state index in [2.05, 4.69) is 31.8 Å². The number of thiol groups is 1. The van der Waals surface area contributed by atoms with E-state index in [1.165, 1.54) is 12.7 Å². The first-order valence-electron chi connectivity index (χ1n) is 17.9. The topological polar surface area (TPSA) is 114 Å². The summed E-state index contributed by atoms with van der Waals surface area (Å²) in [6, 6.07) is 33.5. The van der Waals surface area contributed by atoms with E-state index in [0.717, 1.165) is 18.1 Å². The average molecular weight is 745 g/mol. The second-order valence-electron chi connectivity index (χ2n) is 9.20. The lowest BCUT2D eigenvalue weighted by Gasteiger charge is -2.06. The van der Waals surface area contributed by atoms with E-state index < -0.39 is 0 Å². The fourth-order valence-electron chi connectivity index (χ4n) is 3.10. The van der Waals surface area contributed by atoms with Gasteiger partial charge in [0.05, 0.1) is 5.37 Å². The number of hydrogen-bond acceptors (Lipinski definition) is 9. The van der Waals surface area contributed by atoms with Crippen LogP contribution >= 0.6 is 24.4 Å². The lowest BCUT2D eigenvalue weighted by molar-refractivity contribution is -0.106. The summed E-state index contributed by atoms with van der Waals surface area (Å²) in [5.74, 6) is 4.73. The summed E-state index contributed by atoms with van der Waals surface area (Å²) < 4.78 is 10.9. The van der Waals surface area contributed by atoms with Crippen LogP contribution in [0, 0.1) is 0 Å². The van der Waals surface area contributed by atoms with Crippen molar-refractivity contribution in [1.82, 2.24) is 5.32 Å². The number of aldehydes is 1. The van der Waals surface area contributed by atoms with Crippen LogP contribution in [0.3, 0.4) is 0 Å². The van der Waals surface area contributed by atoms with Crippen molar-refractivity contribution in [2.45, 2.75) is 101 Å². The van der Waals surface area contributed by atoms with Crippen LogP contribution < -0.4 is 20.5 Å². The monoisotopic (exact) mass is 744 g/mol. The first kappa shape index (κ1) is 54.2. The smallest absolute Gasteiger partial charge is 0.169 e. The van der Waals surface area contributed by atoms with Gasteiger partial charge in [-0.05, 0) is 76.2 Å². The van der Waals surface area contributed by atoms with Gasteiger partial charge in [0.2, 0.25) is 0 Å². The van der Waals surface area contributed by atoms with Crippen LogP contribution in [0.5, 0.6) is 34.5 Å². The van der Waals surface area contributed by atoms with Crippen molar-refractivity contribution in [3.63, 3.8) is 0 Å². The molecule has 4 aromatic rings. The molecule has 3 atom stereocenters. The van der Waals surface area contributed by atoms with E-state index in [1.54, 1.807) is 36.4 Å². The fourth-order valence-corrected chi connectivity index (χ4v) is 4.11. The Hall–Kier alpha value is -3.63. The zero-order chi connectivity index (χ0) is 39.9. The number of benzene rings is 4. The second kappa shape index (κ2) is 40.8. The third-order valence-corrected chi connectivity index (χ3v) is 6.98. The number of thioether (sulfide) groups is 1. The van der Waals surface area contributed by atoms with E-state index in [1.807, 2.05) is 147 Å². The molecule has 5 rings (SSSR count). The molecule has 1 saturated heterocycles. The van der Waals surface area contributed by atoms with Gasteiger partial charge in [-0.25, -0.2) is 0 Å². The molecule has 0 radical (unpaired) electrons. The molecule has 3 unspecified atom stereocenters. The quantitative estimate of drug-likeness (QED) is 0.101. The van der Waals surface area contributed by atoms with E-state index in [0.29, 0.717) is 28.4 Å². The highest BCUT2D eigenvalue weighted by Crippen LogP contribution is 2.30. The van der Waals surface area contributed by atoms with E-state index in [9.17, 15) is 10.2 Å². The number of para-hydroxylation sites is 6. The second-order valence-corrected chi connectivity index (χ2v) is 10.9. The molecule has 288 valence electrons. The van der Waals surface area contributed by atoms with Gasteiger partial charge in [-0.2, -0.15) is 12.6 Å². The summed E-state index contributed by atoms with van der Waals surface area (Å²) >= 11 is 5.88. The third-order valence-electron chi connectivity index (χ3n) is 5.08. The molecule has 0 amide bonds. The SMILES string of the molecule is CC.CC.CC.CC.CC(N)CS.CC1CSC(C)N1.CC=O.Oc1ccccc1Oc1ccccc1.Oc1ccccc1Oc1ccccc1. The Bertz CT molecular complexity index is 1180. The lowest BCUT2D eigenvalue weighted by atomic mass is 10.3. The number of aromatic hydroxyl groups is 2. The van der Waals surface area contributed by atoms with Crippen LogP contribution in [0.25, 0.3) is 0 Å². The molecule has 0 aromatic heterocycles. The van der Waals surface area contributed by atoms with Crippen molar-refractivity contribution >= 4 is 30.7 Å². The average Bonchev–Trinajstić information content (AvgIpc) is 3.57. The number of phenolic OH excluding ortho intramolecular Hbond substituents is 2. The molecule has 1 heterocycles. The molecular weight excluding hydrogens is 677 g/mol. The van der Waals surface area contributed by atoms with Crippen LogP contribution in [0.1, 0.15) is 83.1 Å². The third kappa shape index (κ3) is 32.0. The minimum absolute atomic E-state index is 0.149. The van der Waals surface area contributed by atoms with Gasteiger partial charge in [0, 0.05) is 23.6 Å². The highest BCUT2D eigenvalue weighted by molar-refractivity contribution is 8.00. The Kier molecular flexibility index (Phi) is 43.3. The molecule has 1 aliphatic rings. The highest BCUT2D eigenvalue weighted by Gasteiger charge is 2.14. The number of carbonyl (C=O) groups is 1. The van der Waals surface area contributed by atoms with Gasteiger partial charge in [0.1, 0.15) is 17.8 Å². The van der Waals surface area contributed by atoms with Crippen LogP contribution in [0.4, 0.5) is 0 Å². The van der Waals surface area contributed by atoms with Crippen molar-refractivity contribution in [1.29, 1.82) is 0 Å². The van der Waals surface area contributed by atoms with Crippen LogP contribution in [-0.2, 0) is 4.79 Å². The van der Waals surface area contributed by atoms with Gasteiger partial charge in [-0.1, -0.05) is 116 Å². The molecule has 9 heteroatoms. The summed E-state index contributed by atoms with van der Waals surface area (Å²) in [5, 5.41) is 23.0. The largest absolute Gasteiger partial charge is 0.504 e. The lowest BCUT2D eigenvalue weighted by Crippen LogP contribution is -2.24. The Morgan fingerprint density at radius 2 is 1.02 bits per heavy atom. The first-order valence-corrected chi connectivity index (χ1v) is 19.5. The molecular formula is C42H68N2O5S2. The van der Waals surface area contributed by atoms with Gasteiger partial charge in [-0.3, -0.25) is 0 Å². The van der Waals surface area contributed by atoms with Crippen LogP contribution in [-0.4, -0.2) is 45.5 Å². The van der Waals surface area contributed by atoms with Crippen molar-refractivity contribution < 1.29 is 24.5 Å². The predicted octanol–water partition coefficient (Wildman–Crippen LogP) is 12.0. The predicted molar refractivity (Wildman–Crippen MR) is 228 cm³/mol. The molecule has 1 fully saturated rings. The molecule has 5 N–H and O–H groups in total. The molecule has 4 aromatic carbocycles. The van der Waals surface area contributed by atoms with E-state index in [4.69, 9.17) is 20.0 Å². The first-order chi connectivity index (χ1) is 24.7. The summed E-state index contributed by atoms with van der Waals surface area (Å²) in [7, 11) is 0. The normalized spacial score (nSPS) is 13.3. The molecule has 0 spiro atoms. The molecule has 51 heavy (non-hydrogen) atoms. The minimum Gasteiger partial charge on any atom is -0.504 e. The maximum Gasteiger partial charge on any atom is 0.169 e. The minimum atomic E-state index is 0.149. The Balaban J connectivity index is -0.000000277. The number of nitrogens with two attached hydrogens (primary N) is 1. The van der Waals surface area contributed by atoms with Gasteiger partial charge >= 0.3 is 0 Å². The zero-order valence-electron chi connectivity index (χ0n) is 33.2. The maximum absolute atomic E-state index is 9.45. The zero-order valence-corrected chi connectivity index (χ0v) is 34.9. The number of ether oxygens (including phenoxy) is 2. The molecule has 1 aliphatic heterocycles. The van der Waals surface area contributed by atoms with Crippen molar-refractivity contribution in [3.8, 4) is 34.5 Å². The number of hydrogen-bond donors (Lipinski definition) is 5. The maximum atomic E-state index is 9.45. The van der Waals surface area contributed by atoms with Gasteiger partial charge in [-0.15, -0.1) is 11.8 Å². The van der Waals surface area contributed by atoms with Gasteiger partial charge < -0.3 is 35.5 Å². The van der Waals surface area contributed by atoms with Crippen molar-refractivity contribution in [2.75, 3.05) is 11.5 Å². The van der Waals surface area contributed by atoms with Gasteiger partial charge in [0.25, 0.3) is 0 Å². The molecule has 7 nitrogen and oxygen atoms in total. The summed E-state index contributed by atoms with van der Waals surface area (Å²) in [6.07, 6.45) is 0.750. The number of nitrogens with one attached hydrogen (secondary N) is 1. The molecule has 0 aliphatic carbocycles. The van der Waals surface area contributed by atoms with E-state index in [-0.39, 0.29) is 17.5 Å².